The molecule has 0 fully saturated rings. The van der Waals surface area contributed by atoms with E-state index in [1.807, 2.05) is 22.8 Å². The highest BCUT2D eigenvalue weighted by atomic mass is 79.9. The van der Waals surface area contributed by atoms with Gasteiger partial charge in [-0.25, -0.2) is 8.42 Å². The van der Waals surface area contributed by atoms with Crippen LogP contribution in [0.2, 0.25) is 0 Å². The van der Waals surface area contributed by atoms with E-state index in [0.717, 1.165) is 25.3 Å². The number of halogens is 1. The van der Waals surface area contributed by atoms with Crippen molar-refractivity contribution in [1.29, 1.82) is 0 Å². The maximum Gasteiger partial charge on any atom is 0.263 e. The Morgan fingerprint density at radius 3 is 2.79 bits per heavy atom. The van der Waals surface area contributed by atoms with Gasteiger partial charge in [0.2, 0.25) is 10.0 Å². The second kappa shape index (κ2) is 7.87. The second-order valence-electron chi connectivity index (χ2n) is 5.17. The number of aromatic nitrogens is 1. The molecular weight excluding hydrogens is 418 g/mol. The first-order valence-corrected chi connectivity index (χ1v) is 10.4. The van der Waals surface area contributed by atoms with Crippen molar-refractivity contribution in [3.8, 4) is 0 Å². The van der Waals surface area contributed by atoms with Gasteiger partial charge in [-0.05, 0) is 18.2 Å². The summed E-state index contributed by atoms with van der Waals surface area (Å²) in [6, 6.07) is 5.81. The lowest BCUT2D eigenvalue weighted by molar-refractivity contribution is -0.118. The third kappa shape index (κ3) is 4.73. The van der Waals surface area contributed by atoms with Gasteiger partial charge in [0.05, 0.1) is 29.6 Å². The molecule has 1 heterocycles. The largest absolute Gasteiger partial charge is 0.383 e. The van der Waals surface area contributed by atoms with Crippen LogP contribution in [0.5, 0.6) is 0 Å². The van der Waals surface area contributed by atoms with E-state index < -0.39 is 15.9 Å². The van der Waals surface area contributed by atoms with Gasteiger partial charge >= 0.3 is 0 Å². The molecule has 7 nitrogen and oxygen atoms in total. The Balaban J connectivity index is 2.44. The Kier molecular flexibility index (Phi) is 6.32. The Hall–Kier alpha value is -1.07. The summed E-state index contributed by atoms with van der Waals surface area (Å²) in [5, 5.41) is 0. The molecule has 1 amide bonds. The van der Waals surface area contributed by atoms with E-state index in [0.29, 0.717) is 18.0 Å². The number of ether oxygens (including phenoxy) is 1. The molecule has 0 aliphatic carbocycles. The molecular formula is C14H18BrN3O4S2. The number of amides is 1. The van der Waals surface area contributed by atoms with E-state index in [-0.39, 0.29) is 6.54 Å². The van der Waals surface area contributed by atoms with Gasteiger partial charge in [0.15, 0.2) is 4.80 Å². The van der Waals surface area contributed by atoms with Crippen LogP contribution < -0.4 is 4.80 Å². The monoisotopic (exact) mass is 435 g/mol. The zero-order valence-corrected chi connectivity index (χ0v) is 16.7. The molecule has 0 saturated carbocycles. The first kappa shape index (κ1) is 19.3. The van der Waals surface area contributed by atoms with E-state index in [4.69, 9.17) is 4.74 Å². The number of likely N-dealkylation sites (N-methyl/N-ethyl adjacent to an activating group) is 1. The average molecular weight is 436 g/mol. The first-order chi connectivity index (χ1) is 11.2. The van der Waals surface area contributed by atoms with E-state index in [9.17, 15) is 13.2 Å². The summed E-state index contributed by atoms with van der Waals surface area (Å²) < 4.78 is 32.7. The number of nitrogens with zero attached hydrogens (tertiary/aromatic N) is 3. The van der Waals surface area contributed by atoms with Gasteiger partial charge in [-0.15, -0.1) is 0 Å². The Morgan fingerprint density at radius 2 is 2.17 bits per heavy atom. The summed E-state index contributed by atoms with van der Waals surface area (Å²) in [6.07, 6.45) is 1.05. The van der Waals surface area contributed by atoms with Crippen LogP contribution in [0.4, 0.5) is 0 Å². The van der Waals surface area contributed by atoms with Crippen molar-refractivity contribution in [2.45, 2.75) is 6.54 Å². The lowest BCUT2D eigenvalue weighted by Crippen LogP contribution is -2.31. The minimum absolute atomic E-state index is 0.291. The van der Waals surface area contributed by atoms with Gasteiger partial charge in [0, 0.05) is 25.2 Å². The topological polar surface area (TPSA) is 81.0 Å². The molecule has 0 unspecified atom stereocenters. The number of fused-ring (bicyclic) bond motifs is 1. The van der Waals surface area contributed by atoms with Crippen molar-refractivity contribution in [3.05, 3.63) is 27.5 Å². The molecule has 0 spiro atoms. The summed E-state index contributed by atoms with van der Waals surface area (Å²) in [4.78, 5) is 16.7. The lowest BCUT2D eigenvalue weighted by Gasteiger charge is -2.10. The van der Waals surface area contributed by atoms with Crippen molar-refractivity contribution in [1.82, 2.24) is 8.87 Å². The predicted octanol–water partition coefficient (Wildman–Crippen LogP) is 1.43. The number of rotatable bonds is 6. The number of methoxy groups -OCH3 is 1. The average Bonchev–Trinajstić information content (AvgIpc) is 2.80. The minimum Gasteiger partial charge on any atom is -0.383 e. The van der Waals surface area contributed by atoms with Crippen LogP contribution in [-0.4, -0.2) is 56.8 Å². The fraction of sp³-hybridized carbons (Fsp3) is 0.429. The van der Waals surface area contributed by atoms with Crippen molar-refractivity contribution >= 4 is 53.4 Å². The van der Waals surface area contributed by atoms with Gasteiger partial charge < -0.3 is 9.30 Å². The molecule has 2 rings (SSSR count). The third-order valence-corrected chi connectivity index (χ3v) is 6.10. The Bertz CT molecular complexity index is 918. The Morgan fingerprint density at radius 1 is 1.46 bits per heavy atom. The van der Waals surface area contributed by atoms with E-state index >= 15 is 0 Å². The second-order valence-corrected chi connectivity index (χ2v) is 9.18. The molecule has 1 aromatic heterocycles. The zero-order valence-electron chi connectivity index (χ0n) is 13.5. The van der Waals surface area contributed by atoms with Crippen LogP contribution in [0.15, 0.2) is 27.7 Å². The van der Waals surface area contributed by atoms with Crippen LogP contribution >= 0.6 is 27.3 Å². The van der Waals surface area contributed by atoms with E-state index in [1.165, 1.54) is 18.4 Å². The maximum absolute atomic E-state index is 12.1. The highest BCUT2D eigenvalue weighted by Crippen LogP contribution is 2.22. The normalized spacial score (nSPS) is 13.1. The predicted molar refractivity (Wildman–Crippen MR) is 97.4 cm³/mol. The molecule has 0 aliphatic rings. The number of sulfonamides is 1. The first-order valence-electron chi connectivity index (χ1n) is 6.99. The van der Waals surface area contributed by atoms with Gasteiger partial charge in [-0.1, -0.05) is 27.3 Å². The Labute approximate surface area is 152 Å². The molecule has 1 aromatic carbocycles. The highest BCUT2D eigenvalue weighted by Gasteiger charge is 2.15. The van der Waals surface area contributed by atoms with Crippen LogP contribution in [0, 0.1) is 0 Å². The van der Waals surface area contributed by atoms with Gasteiger partial charge in [0.25, 0.3) is 5.91 Å². The quantitative estimate of drug-likeness (QED) is 0.686. The molecule has 0 saturated heterocycles. The molecule has 0 radical (unpaired) electrons. The number of hydrogen-bond acceptors (Lipinski definition) is 5. The molecule has 132 valence electrons. The smallest absolute Gasteiger partial charge is 0.263 e. The van der Waals surface area contributed by atoms with Crippen molar-refractivity contribution in [2.24, 2.45) is 4.99 Å². The molecule has 24 heavy (non-hydrogen) atoms. The fourth-order valence-electron chi connectivity index (χ4n) is 1.98. The van der Waals surface area contributed by atoms with Crippen LogP contribution in [0.1, 0.15) is 0 Å². The molecule has 0 aliphatic heterocycles. The number of thiazole rings is 1. The van der Waals surface area contributed by atoms with E-state index in [1.54, 1.807) is 7.11 Å². The van der Waals surface area contributed by atoms with Gasteiger partial charge in [-0.2, -0.15) is 9.30 Å². The summed E-state index contributed by atoms with van der Waals surface area (Å²) in [5.74, 6) is -0.514. The van der Waals surface area contributed by atoms with Crippen LogP contribution in [0.25, 0.3) is 10.2 Å². The van der Waals surface area contributed by atoms with E-state index in [2.05, 4.69) is 20.9 Å². The van der Waals surface area contributed by atoms with Gasteiger partial charge in [-0.3, -0.25) is 4.79 Å². The molecule has 10 heteroatoms. The summed E-state index contributed by atoms with van der Waals surface area (Å²) in [6.45, 7) is 0.736. The number of carbonyl (C=O) groups is 1. The van der Waals surface area contributed by atoms with Crippen LogP contribution in [0.3, 0.4) is 0 Å². The summed E-state index contributed by atoms with van der Waals surface area (Å²) in [7, 11) is -0.465. The maximum atomic E-state index is 12.1. The number of carbonyl (C=O) groups excluding carboxylic acids is 1. The van der Waals surface area contributed by atoms with Crippen molar-refractivity contribution < 1.29 is 17.9 Å². The molecule has 2 aromatic rings. The SMILES string of the molecule is COCCn1c(=NC(=O)CN(C)S(C)(=O)=O)sc2cc(Br)ccc21. The van der Waals surface area contributed by atoms with Crippen LogP contribution in [-0.2, 0) is 26.1 Å². The third-order valence-electron chi connectivity index (χ3n) is 3.31. The number of hydrogen-bond donors (Lipinski definition) is 0. The zero-order chi connectivity index (χ0) is 17.9. The molecule has 0 atom stereocenters. The summed E-state index contributed by atoms with van der Waals surface area (Å²) in [5.41, 5.74) is 0.947. The van der Waals surface area contributed by atoms with Crippen molar-refractivity contribution in [2.75, 3.05) is 33.6 Å². The number of benzene rings is 1. The lowest BCUT2D eigenvalue weighted by atomic mass is 10.3. The summed E-state index contributed by atoms with van der Waals surface area (Å²) >= 11 is 4.80. The molecule has 0 bridgehead atoms. The minimum atomic E-state index is -3.42. The van der Waals surface area contributed by atoms with Gasteiger partial charge in [0.1, 0.15) is 0 Å². The molecule has 0 N–H and O–H groups in total. The van der Waals surface area contributed by atoms with Crippen molar-refractivity contribution in [3.63, 3.8) is 0 Å². The fourth-order valence-corrected chi connectivity index (χ4v) is 3.95. The highest BCUT2D eigenvalue weighted by molar-refractivity contribution is 9.10. The standard InChI is InChI=1S/C14H18BrN3O4S2/c1-17(24(3,20)21)9-13(19)16-14-18(6-7-22-2)11-5-4-10(15)8-12(11)23-14/h4-5,8H,6-7,9H2,1-3H3.